The van der Waals surface area contributed by atoms with E-state index in [0.717, 1.165) is 24.8 Å². The molecule has 0 aromatic heterocycles. The molecule has 2 unspecified atom stereocenters. The lowest BCUT2D eigenvalue weighted by molar-refractivity contribution is -0.125. The number of carbonyl (C=O) groups is 1. The smallest absolute Gasteiger partial charge is 0.223 e. The monoisotopic (exact) mass is 250 g/mol. The Kier molecular flexibility index (Phi) is 3.97. The molecule has 1 amide bonds. The molecule has 0 aliphatic heterocycles. The van der Waals surface area contributed by atoms with E-state index in [2.05, 4.69) is 5.32 Å². The summed E-state index contributed by atoms with van der Waals surface area (Å²) in [6, 6.07) is 5.18. The average Bonchev–Trinajstić information content (AvgIpc) is 2.77. The van der Waals surface area contributed by atoms with Crippen LogP contribution in [0.2, 0.25) is 0 Å². The third-order valence-electron chi connectivity index (χ3n) is 3.55. The molecule has 98 valence electrons. The molecule has 1 aromatic carbocycles. The second kappa shape index (κ2) is 5.48. The summed E-state index contributed by atoms with van der Waals surface area (Å²) in [6.45, 7) is 2.10. The topological polar surface area (TPSA) is 55.1 Å². The van der Waals surface area contributed by atoms with Gasteiger partial charge in [-0.25, -0.2) is 4.39 Å². The Morgan fingerprint density at radius 3 is 2.89 bits per heavy atom. The van der Waals surface area contributed by atoms with E-state index in [0.29, 0.717) is 12.1 Å². The van der Waals surface area contributed by atoms with Crippen molar-refractivity contribution in [1.82, 2.24) is 5.32 Å². The maximum atomic E-state index is 13.3. The molecule has 0 heterocycles. The highest BCUT2D eigenvalue weighted by molar-refractivity contribution is 5.79. The molecule has 2 rings (SSSR count). The van der Waals surface area contributed by atoms with E-state index in [-0.39, 0.29) is 23.7 Å². The minimum atomic E-state index is -0.232. The second-order valence-electron chi connectivity index (χ2n) is 5.07. The maximum absolute atomic E-state index is 13.3. The van der Waals surface area contributed by atoms with Gasteiger partial charge in [0.05, 0.1) is 0 Å². The van der Waals surface area contributed by atoms with Gasteiger partial charge in [-0.3, -0.25) is 4.79 Å². The molecule has 4 heteroatoms. The highest BCUT2D eigenvalue weighted by Crippen LogP contribution is 2.24. The van der Waals surface area contributed by atoms with E-state index in [4.69, 9.17) is 5.73 Å². The summed E-state index contributed by atoms with van der Waals surface area (Å²) in [5.41, 5.74) is 7.18. The summed E-state index contributed by atoms with van der Waals surface area (Å²) < 4.78 is 13.3. The van der Waals surface area contributed by atoms with Gasteiger partial charge in [0.25, 0.3) is 0 Å². The van der Waals surface area contributed by atoms with Gasteiger partial charge in [-0.05, 0) is 43.4 Å². The van der Waals surface area contributed by atoms with Gasteiger partial charge >= 0.3 is 0 Å². The van der Waals surface area contributed by atoms with Crippen LogP contribution in [-0.2, 0) is 11.3 Å². The Balaban J connectivity index is 1.87. The first-order valence-electron chi connectivity index (χ1n) is 6.34. The molecule has 0 spiro atoms. The van der Waals surface area contributed by atoms with Crippen LogP contribution in [0.5, 0.6) is 0 Å². The number of halogens is 1. The minimum absolute atomic E-state index is 0.0234. The minimum Gasteiger partial charge on any atom is -0.352 e. The van der Waals surface area contributed by atoms with Crippen molar-refractivity contribution in [2.45, 2.75) is 38.8 Å². The van der Waals surface area contributed by atoms with E-state index < -0.39 is 0 Å². The molecule has 1 fully saturated rings. The standard InChI is InChI=1S/C14H19FN2O/c1-9-2-3-10(6-13(9)15)8-17-14(18)11-4-5-12(16)7-11/h2-3,6,11-12H,4-5,7-8,16H2,1H3,(H,17,18). The fourth-order valence-corrected chi connectivity index (χ4v) is 2.33. The summed E-state index contributed by atoms with van der Waals surface area (Å²) in [4.78, 5) is 11.9. The van der Waals surface area contributed by atoms with Crippen LogP contribution in [-0.4, -0.2) is 11.9 Å². The van der Waals surface area contributed by atoms with Crippen molar-refractivity contribution in [3.8, 4) is 0 Å². The van der Waals surface area contributed by atoms with Gasteiger partial charge in [0.15, 0.2) is 0 Å². The van der Waals surface area contributed by atoms with Crippen molar-refractivity contribution in [3.63, 3.8) is 0 Å². The van der Waals surface area contributed by atoms with E-state index in [1.54, 1.807) is 13.0 Å². The van der Waals surface area contributed by atoms with Gasteiger partial charge in [-0.1, -0.05) is 12.1 Å². The van der Waals surface area contributed by atoms with E-state index in [1.165, 1.54) is 6.07 Å². The van der Waals surface area contributed by atoms with Crippen LogP contribution < -0.4 is 11.1 Å². The first-order chi connectivity index (χ1) is 8.56. The first-order valence-corrected chi connectivity index (χ1v) is 6.34. The summed E-state index contributed by atoms with van der Waals surface area (Å²) in [6.07, 6.45) is 2.53. The third kappa shape index (κ3) is 3.07. The molecule has 3 N–H and O–H groups in total. The van der Waals surface area contributed by atoms with Crippen molar-refractivity contribution in [3.05, 3.63) is 35.1 Å². The number of nitrogens with one attached hydrogen (secondary N) is 1. The Hall–Kier alpha value is -1.42. The van der Waals surface area contributed by atoms with Crippen LogP contribution >= 0.6 is 0 Å². The Morgan fingerprint density at radius 1 is 1.50 bits per heavy atom. The molecule has 1 aromatic rings. The largest absolute Gasteiger partial charge is 0.352 e. The number of amides is 1. The van der Waals surface area contributed by atoms with Crippen LogP contribution in [0.4, 0.5) is 4.39 Å². The molecule has 0 saturated heterocycles. The van der Waals surface area contributed by atoms with Gasteiger partial charge in [0.2, 0.25) is 5.91 Å². The fraction of sp³-hybridized carbons (Fsp3) is 0.500. The van der Waals surface area contributed by atoms with E-state index >= 15 is 0 Å². The van der Waals surface area contributed by atoms with Crippen LogP contribution in [0.25, 0.3) is 0 Å². The zero-order valence-electron chi connectivity index (χ0n) is 10.6. The molecule has 2 atom stereocenters. The van der Waals surface area contributed by atoms with Gasteiger partial charge in [-0.15, -0.1) is 0 Å². The number of rotatable bonds is 3. The SMILES string of the molecule is Cc1ccc(CNC(=O)C2CCC(N)C2)cc1F. The predicted molar refractivity (Wildman–Crippen MR) is 68.3 cm³/mol. The molecule has 0 bridgehead atoms. The van der Waals surface area contributed by atoms with Gasteiger partial charge in [0.1, 0.15) is 5.82 Å². The summed E-state index contributed by atoms with van der Waals surface area (Å²) in [5.74, 6) is -0.177. The molecule has 3 nitrogen and oxygen atoms in total. The summed E-state index contributed by atoms with van der Waals surface area (Å²) in [7, 11) is 0. The average molecular weight is 250 g/mol. The lowest BCUT2D eigenvalue weighted by atomic mass is 10.1. The quantitative estimate of drug-likeness (QED) is 0.860. The lowest BCUT2D eigenvalue weighted by Crippen LogP contribution is -2.30. The van der Waals surface area contributed by atoms with E-state index in [1.807, 2.05) is 6.07 Å². The molecule has 18 heavy (non-hydrogen) atoms. The maximum Gasteiger partial charge on any atom is 0.223 e. The van der Waals surface area contributed by atoms with Crippen molar-refractivity contribution in [2.75, 3.05) is 0 Å². The predicted octanol–water partition coefficient (Wildman–Crippen LogP) is 1.88. The van der Waals surface area contributed by atoms with Crippen LogP contribution in [0.3, 0.4) is 0 Å². The highest BCUT2D eigenvalue weighted by atomic mass is 19.1. The highest BCUT2D eigenvalue weighted by Gasteiger charge is 2.27. The van der Waals surface area contributed by atoms with Crippen molar-refractivity contribution in [2.24, 2.45) is 11.7 Å². The number of carbonyl (C=O) groups excluding carboxylic acids is 1. The number of nitrogens with two attached hydrogens (primary N) is 1. The van der Waals surface area contributed by atoms with Gasteiger partial charge in [0, 0.05) is 18.5 Å². The lowest BCUT2D eigenvalue weighted by Gasteiger charge is -2.11. The number of aryl methyl sites for hydroxylation is 1. The van der Waals surface area contributed by atoms with Crippen molar-refractivity contribution in [1.29, 1.82) is 0 Å². The zero-order chi connectivity index (χ0) is 13.1. The molecule has 1 saturated carbocycles. The number of hydrogen-bond acceptors (Lipinski definition) is 2. The fourth-order valence-electron chi connectivity index (χ4n) is 2.33. The Morgan fingerprint density at radius 2 is 2.28 bits per heavy atom. The summed E-state index contributed by atoms with van der Waals surface area (Å²) in [5, 5.41) is 2.85. The van der Waals surface area contributed by atoms with Crippen LogP contribution in [0.1, 0.15) is 30.4 Å². The number of benzene rings is 1. The first kappa shape index (κ1) is 13.0. The third-order valence-corrected chi connectivity index (χ3v) is 3.55. The molecule has 1 aliphatic rings. The van der Waals surface area contributed by atoms with Crippen LogP contribution in [0.15, 0.2) is 18.2 Å². The molecular formula is C14H19FN2O. The zero-order valence-corrected chi connectivity index (χ0v) is 10.6. The van der Waals surface area contributed by atoms with Gasteiger partial charge in [-0.2, -0.15) is 0 Å². The molecular weight excluding hydrogens is 231 g/mol. The second-order valence-corrected chi connectivity index (χ2v) is 5.07. The summed E-state index contributed by atoms with van der Waals surface area (Å²) >= 11 is 0. The van der Waals surface area contributed by atoms with E-state index in [9.17, 15) is 9.18 Å². The van der Waals surface area contributed by atoms with Crippen molar-refractivity contribution < 1.29 is 9.18 Å². The Labute approximate surface area is 107 Å². The molecule has 0 radical (unpaired) electrons. The van der Waals surface area contributed by atoms with Gasteiger partial charge < -0.3 is 11.1 Å². The normalized spacial score (nSPS) is 23.1. The number of hydrogen-bond donors (Lipinski definition) is 2. The van der Waals surface area contributed by atoms with Crippen LogP contribution in [0, 0.1) is 18.7 Å². The molecule has 1 aliphatic carbocycles. The Bertz CT molecular complexity index is 447. The van der Waals surface area contributed by atoms with Crippen molar-refractivity contribution >= 4 is 5.91 Å².